The van der Waals surface area contributed by atoms with Gasteiger partial charge in [-0.2, -0.15) is 0 Å². The molecule has 0 spiro atoms. The van der Waals surface area contributed by atoms with Gasteiger partial charge >= 0.3 is 19.5 Å². The van der Waals surface area contributed by atoms with Gasteiger partial charge in [-0.05, 0) is 27.4 Å². The third-order valence-electron chi connectivity index (χ3n) is 3.29. The van der Waals surface area contributed by atoms with Gasteiger partial charge in [0.05, 0.1) is 6.61 Å². The minimum atomic E-state index is -3.13. The second-order valence-electron chi connectivity index (χ2n) is 6.59. The Morgan fingerprint density at radius 3 is 1.95 bits per heavy atom. The van der Waals surface area contributed by atoms with E-state index in [-0.39, 0.29) is 11.9 Å². The number of diazo groups is 1. The molecule has 0 atom stereocenters. The van der Waals surface area contributed by atoms with E-state index in [0.717, 1.165) is 0 Å². The predicted molar refractivity (Wildman–Crippen MR) is 80.7 cm³/mol. The highest BCUT2D eigenvalue weighted by molar-refractivity contribution is 6.90. The van der Waals surface area contributed by atoms with Gasteiger partial charge in [0.15, 0.2) is 4.98 Å². The Morgan fingerprint density at radius 2 is 1.70 bits per heavy atom. The van der Waals surface area contributed by atoms with Gasteiger partial charge in [0.1, 0.15) is 0 Å². The van der Waals surface area contributed by atoms with E-state index < -0.39 is 24.3 Å². The molecule has 0 amide bonds. The molecule has 0 aromatic rings. The van der Waals surface area contributed by atoms with E-state index in [9.17, 15) is 10.5 Å². The van der Waals surface area contributed by atoms with Crippen LogP contribution in [0.4, 0.5) is 0 Å². The maximum absolute atomic E-state index is 10.1. The molecule has 0 aliphatic rings. The molecule has 0 aromatic carbocycles. The van der Waals surface area contributed by atoms with Crippen molar-refractivity contribution in [3.05, 3.63) is 26.7 Å². The summed E-state index contributed by atoms with van der Waals surface area (Å²) in [7, 11) is -3.13. The minimum Gasteiger partial charge on any atom is -0.476 e. The first kappa shape index (κ1) is 18.3. The summed E-state index contributed by atoms with van der Waals surface area (Å²) < 4.78 is 9.11. The summed E-state index contributed by atoms with van der Waals surface area (Å²) in [6.07, 6.45) is 0. The Balaban J connectivity index is 6.65. The fourth-order valence-electron chi connectivity index (χ4n) is 2.72. The van der Waals surface area contributed by atoms with Crippen molar-refractivity contribution in [2.75, 3.05) is 6.61 Å². The molecule has 7 nitrogen and oxygen atoms in total. The fourth-order valence-corrected chi connectivity index (χ4v) is 7.75. The van der Waals surface area contributed by atoms with Gasteiger partial charge in [0.25, 0.3) is 0 Å². The van der Waals surface area contributed by atoms with Crippen LogP contribution < -0.4 is 0 Å². The third-order valence-corrected chi connectivity index (χ3v) is 9.02. The second-order valence-corrected chi connectivity index (χ2v) is 11.7. The quantitative estimate of drug-likeness (QED) is 0.197. The van der Waals surface area contributed by atoms with Gasteiger partial charge in [-0.25, -0.2) is 0 Å². The van der Waals surface area contributed by atoms with Crippen molar-refractivity contribution in [2.45, 2.75) is 58.5 Å². The summed E-state index contributed by atoms with van der Waals surface area (Å²) in [5.74, 6) is -0.473. The molecule has 0 bridgehead atoms. The molecule has 0 rings (SSSR count). The second kappa shape index (κ2) is 6.16. The normalized spacial score (nSPS) is 13.9. The molecule has 112 valence electrons. The molecule has 1 N–H and O–H groups in total. The van der Waals surface area contributed by atoms with Gasteiger partial charge in [0.2, 0.25) is 5.39 Å². The van der Waals surface area contributed by atoms with Crippen LogP contribution in [0.2, 0.25) is 10.1 Å². The van der Waals surface area contributed by atoms with Crippen molar-refractivity contribution >= 4 is 8.24 Å². The average molecular weight is 298 g/mol. The highest BCUT2D eigenvalue weighted by Crippen LogP contribution is 2.56. The van der Waals surface area contributed by atoms with Crippen LogP contribution in [0, 0.1) is 5.39 Å². The molecule has 0 unspecified atom stereocenters. The van der Waals surface area contributed by atoms with Crippen molar-refractivity contribution in [1.82, 2.24) is 0 Å². The third kappa shape index (κ3) is 3.06. The number of nitrogens with zero attached hydrogens (tertiary/aromatic N) is 5. The Hall–Kier alpha value is -1.71. The average Bonchev–Trinajstić information content (AvgIpc) is 2.25. The van der Waals surface area contributed by atoms with Crippen LogP contribution in [-0.4, -0.2) is 19.9 Å². The van der Waals surface area contributed by atoms with Crippen LogP contribution in [0.5, 0.6) is 0 Å². The number of azide groups is 1. The zero-order chi connectivity index (χ0) is 16.2. The van der Waals surface area contributed by atoms with Crippen LogP contribution >= 0.6 is 0 Å². The van der Waals surface area contributed by atoms with E-state index in [2.05, 4.69) is 14.7 Å². The van der Waals surface area contributed by atoms with E-state index in [1.54, 1.807) is 6.92 Å². The first-order chi connectivity index (χ1) is 8.99. The molecule has 0 fully saturated rings. The van der Waals surface area contributed by atoms with E-state index in [1.165, 1.54) is 0 Å². The van der Waals surface area contributed by atoms with E-state index in [0.29, 0.717) is 0 Å². The Bertz CT molecular complexity index is 462. The van der Waals surface area contributed by atoms with Gasteiger partial charge in [-0.15, -0.1) is 4.78 Å². The van der Waals surface area contributed by atoms with Crippen LogP contribution in [0.25, 0.3) is 15.4 Å². The van der Waals surface area contributed by atoms with E-state index in [1.807, 2.05) is 41.5 Å². The van der Waals surface area contributed by atoms with Crippen molar-refractivity contribution < 1.29 is 9.84 Å². The van der Waals surface area contributed by atoms with Crippen LogP contribution in [0.15, 0.2) is 16.0 Å². The highest BCUT2D eigenvalue weighted by atomic mass is 28.3. The number of hydrogen-bond acceptors (Lipinski definition) is 4. The lowest BCUT2D eigenvalue weighted by Gasteiger charge is -2.42. The number of aliphatic hydroxyl groups is 1. The van der Waals surface area contributed by atoms with Gasteiger partial charge in [-0.1, -0.05) is 41.5 Å². The molecule has 0 saturated carbocycles. The first-order valence-corrected chi connectivity index (χ1v) is 8.42. The minimum absolute atomic E-state index is 0.0304. The van der Waals surface area contributed by atoms with Crippen LogP contribution in [-0.2, 0) is 4.74 Å². The van der Waals surface area contributed by atoms with Gasteiger partial charge in [-0.3, -0.25) is 0 Å². The van der Waals surface area contributed by atoms with Gasteiger partial charge < -0.3 is 9.84 Å². The maximum atomic E-state index is 10.1. The topological polar surface area (TPSA) is 106 Å². The highest BCUT2D eigenvalue weighted by Gasteiger charge is 2.66. The molecule has 0 aromatic heterocycles. The number of ether oxygens (including phenoxy) is 1. The molecule has 0 saturated heterocycles. The first-order valence-electron chi connectivity index (χ1n) is 6.47. The lowest BCUT2D eigenvalue weighted by molar-refractivity contribution is 0.100. The molecular weight excluding hydrogens is 274 g/mol. The summed E-state index contributed by atoms with van der Waals surface area (Å²) in [6.45, 7) is 13.4. The summed E-state index contributed by atoms with van der Waals surface area (Å²) in [6, 6.07) is 0. The van der Waals surface area contributed by atoms with Crippen molar-refractivity contribution in [3.8, 4) is 0 Å². The zero-order valence-corrected chi connectivity index (χ0v) is 14.3. The SMILES string of the molecule is CCO/C(O)=C(/[N+]#N)[Si](N=[N+]=[N-])(C(C)(C)C)C(C)(C)C. The number of rotatable bonds is 4. The Kier molecular flexibility index (Phi) is 5.63. The lowest BCUT2D eigenvalue weighted by Crippen LogP contribution is -2.52. The van der Waals surface area contributed by atoms with Crippen molar-refractivity contribution in [2.24, 2.45) is 4.78 Å². The van der Waals surface area contributed by atoms with Gasteiger partial charge in [0, 0.05) is 0 Å². The molecule has 0 aliphatic carbocycles. The summed E-state index contributed by atoms with van der Waals surface area (Å²) >= 11 is 0. The monoisotopic (exact) mass is 298 g/mol. The van der Waals surface area contributed by atoms with Crippen LogP contribution in [0.1, 0.15) is 48.5 Å². The number of hydrogen-bond donors (Lipinski definition) is 1. The van der Waals surface area contributed by atoms with Crippen molar-refractivity contribution in [1.29, 1.82) is 5.39 Å². The summed E-state index contributed by atoms with van der Waals surface area (Å²) in [5.41, 5.74) is 9.01. The van der Waals surface area contributed by atoms with E-state index in [4.69, 9.17) is 10.3 Å². The Morgan fingerprint density at radius 1 is 1.25 bits per heavy atom. The summed E-state index contributed by atoms with van der Waals surface area (Å²) in [5, 5.41) is 18.4. The number of aliphatic hydroxyl groups excluding tert-OH is 1. The summed E-state index contributed by atoms with van der Waals surface area (Å²) in [4.78, 5) is 6.20. The molecule has 0 heterocycles. The predicted octanol–water partition coefficient (Wildman–Crippen LogP) is 5.00. The Labute approximate surface area is 121 Å². The molecule has 8 heteroatoms. The smallest absolute Gasteiger partial charge is 0.411 e. The maximum Gasteiger partial charge on any atom is 0.411 e. The molecule has 0 radical (unpaired) electrons. The molecular formula is C12H24N5O2Si+. The van der Waals surface area contributed by atoms with E-state index >= 15 is 0 Å². The largest absolute Gasteiger partial charge is 0.476 e. The zero-order valence-electron chi connectivity index (χ0n) is 13.3. The van der Waals surface area contributed by atoms with Crippen molar-refractivity contribution in [3.63, 3.8) is 0 Å². The fraction of sp³-hybridized carbons (Fsp3) is 0.833. The van der Waals surface area contributed by atoms with Crippen LogP contribution in [0.3, 0.4) is 0 Å². The molecule has 0 aliphatic heterocycles. The molecule has 20 heavy (non-hydrogen) atoms. The lowest BCUT2D eigenvalue weighted by atomic mass is 10.2. The standard InChI is InChI=1S/C12H23N5O2Si/c1-8-19-10(18)9(15-13)20(17-16-14,11(2,3)4)12(5,6)7/h8H2,1-7H3/p+1/b10-9-.